The molecule has 2 N–H and O–H groups in total. The Morgan fingerprint density at radius 3 is 2.71 bits per heavy atom. The Kier molecular flexibility index (Phi) is 6.61. The molecule has 0 aliphatic heterocycles. The van der Waals surface area contributed by atoms with Crippen LogP contribution in [-0.4, -0.2) is 33.6 Å². The summed E-state index contributed by atoms with van der Waals surface area (Å²) in [5.41, 5.74) is 1.22. The maximum absolute atomic E-state index is 4.48. The van der Waals surface area contributed by atoms with Gasteiger partial charge in [0.05, 0.1) is 0 Å². The normalized spacial score (nSPS) is 21.5. The molecular weight excluding hydrogens is 280 g/mol. The molecule has 2 atom stereocenters. The Labute approximate surface area is 132 Å². The lowest BCUT2D eigenvalue weighted by Gasteiger charge is -2.18. The number of hydrogen-bond donors (Lipinski definition) is 2. The molecule has 0 aromatic carbocycles. The molecule has 1 aliphatic rings. The Hall–Kier alpha value is -0.970. The lowest BCUT2D eigenvalue weighted by Crippen LogP contribution is -2.19. The van der Waals surface area contributed by atoms with Crippen molar-refractivity contribution in [2.45, 2.75) is 64.2 Å². The summed E-state index contributed by atoms with van der Waals surface area (Å²) in [4.78, 5) is 8.88. The van der Waals surface area contributed by atoms with E-state index in [2.05, 4.69) is 53.1 Å². The van der Waals surface area contributed by atoms with Gasteiger partial charge in [-0.2, -0.15) is 11.8 Å². The van der Waals surface area contributed by atoms with Crippen LogP contribution in [0.3, 0.4) is 0 Å². The summed E-state index contributed by atoms with van der Waals surface area (Å²) in [5.74, 6) is 3.24. The highest BCUT2D eigenvalue weighted by Crippen LogP contribution is 2.32. The summed E-state index contributed by atoms with van der Waals surface area (Å²) in [6.45, 7) is 7.55. The highest BCUT2D eigenvalue weighted by molar-refractivity contribution is 7.99. The van der Waals surface area contributed by atoms with Gasteiger partial charge in [-0.05, 0) is 37.9 Å². The fraction of sp³-hybridized carbons (Fsp3) is 0.750. The van der Waals surface area contributed by atoms with Gasteiger partial charge in [0.25, 0.3) is 0 Å². The molecule has 2 rings (SSSR count). The van der Waals surface area contributed by atoms with E-state index in [9.17, 15) is 0 Å². The maximum atomic E-state index is 4.48. The zero-order valence-electron chi connectivity index (χ0n) is 13.5. The van der Waals surface area contributed by atoms with Crippen molar-refractivity contribution in [2.75, 3.05) is 22.9 Å². The molecule has 1 saturated carbocycles. The van der Waals surface area contributed by atoms with Gasteiger partial charge in [0.15, 0.2) is 0 Å². The van der Waals surface area contributed by atoms with Crippen molar-refractivity contribution in [1.82, 2.24) is 9.97 Å². The molecule has 0 bridgehead atoms. The molecule has 0 amide bonds. The summed E-state index contributed by atoms with van der Waals surface area (Å²) in [7, 11) is 0. The lowest BCUT2D eigenvalue weighted by molar-refractivity contribution is 0.748. The zero-order valence-corrected chi connectivity index (χ0v) is 14.3. The van der Waals surface area contributed by atoms with Gasteiger partial charge in [0, 0.05) is 23.4 Å². The monoisotopic (exact) mass is 308 g/mol. The minimum absolute atomic E-state index is 0.563. The van der Waals surface area contributed by atoms with Gasteiger partial charge in [-0.1, -0.05) is 20.8 Å². The number of thioether (sulfide) groups is 1. The van der Waals surface area contributed by atoms with Crippen LogP contribution in [0.2, 0.25) is 0 Å². The van der Waals surface area contributed by atoms with Crippen LogP contribution in [0.5, 0.6) is 0 Å². The van der Waals surface area contributed by atoms with Crippen LogP contribution in [-0.2, 0) is 6.42 Å². The van der Waals surface area contributed by atoms with E-state index in [4.69, 9.17) is 0 Å². The second-order valence-electron chi connectivity index (χ2n) is 5.56. The van der Waals surface area contributed by atoms with Crippen LogP contribution in [0.25, 0.3) is 0 Å². The summed E-state index contributed by atoms with van der Waals surface area (Å²) >= 11 is 2.09. The molecule has 4 nitrogen and oxygen atoms in total. The Balaban J connectivity index is 2.02. The van der Waals surface area contributed by atoms with Crippen LogP contribution >= 0.6 is 11.8 Å². The summed E-state index contributed by atoms with van der Waals surface area (Å²) < 4.78 is 0. The molecule has 1 fully saturated rings. The average Bonchev–Trinajstić information content (AvgIpc) is 2.93. The summed E-state index contributed by atoms with van der Waals surface area (Å²) in [6, 6.07) is 0.563. The number of anilines is 2. The molecular formula is C16H28N4S. The van der Waals surface area contributed by atoms with E-state index < -0.39 is 0 Å². The summed E-state index contributed by atoms with van der Waals surface area (Å²) in [5, 5.41) is 7.89. The predicted octanol–water partition coefficient (Wildman–Crippen LogP) is 3.95. The van der Waals surface area contributed by atoms with Gasteiger partial charge in [0.1, 0.15) is 18.0 Å². The van der Waals surface area contributed by atoms with Crippen molar-refractivity contribution in [3.63, 3.8) is 0 Å². The third-order valence-corrected chi connectivity index (χ3v) is 5.20. The highest BCUT2D eigenvalue weighted by atomic mass is 32.2. The van der Waals surface area contributed by atoms with Crippen molar-refractivity contribution < 1.29 is 0 Å². The summed E-state index contributed by atoms with van der Waals surface area (Å²) in [6.07, 6.45) is 7.56. The topological polar surface area (TPSA) is 49.8 Å². The van der Waals surface area contributed by atoms with Crippen molar-refractivity contribution in [2.24, 2.45) is 0 Å². The first-order chi connectivity index (χ1) is 10.3. The van der Waals surface area contributed by atoms with Crippen molar-refractivity contribution in [1.29, 1.82) is 0 Å². The predicted molar refractivity (Wildman–Crippen MR) is 93.4 cm³/mol. The van der Waals surface area contributed by atoms with E-state index in [1.54, 1.807) is 6.33 Å². The molecule has 118 valence electrons. The van der Waals surface area contributed by atoms with Crippen molar-refractivity contribution in [3.8, 4) is 0 Å². The van der Waals surface area contributed by atoms with Crippen LogP contribution in [0.4, 0.5) is 11.6 Å². The largest absolute Gasteiger partial charge is 0.370 e. The first kappa shape index (κ1) is 16.4. The smallest absolute Gasteiger partial charge is 0.134 e. The molecule has 21 heavy (non-hydrogen) atoms. The van der Waals surface area contributed by atoms with Crippen molar-refractivity contribution >= 4 is 23.4 Å². The standard InChI is InChI=1S/C16H28N4S/c1-4-9-17-15-14(5-2)16(19-11-18-15)20-12-7-8-13(10-12)21-6-3/h11-13H,4-10H2,1-3H3,(H2,17,18,19,20). The minimum Gasteiger partial charge on any atom is -0.370 e. The molecule has 2 unspecified atom stereocenters. The van der Waals surface area contributed by atoms with Gasteiger partial charge in [-0.3, -0.25) is 0 Å². The molecule has 5 heteroatoms. The first-order valence-corrected chi connectivity index (χ1v) is 9.29. The Bertz CT molecular complexity index is 438. The molecule has 0 spiro atoms. The molecule has 1 aromatic heterocycles. The fourth-order valence-electron chi connectivity index (χ4n) is 2.92. The lowest BCUT2D eigenvalue weighted by atomic mass is 10.2. The molecule has 0 saturated heterocycles. The van der Waals surface area contributed by atoms with Gasteiger partial charge in [-0.15, -0.1) is 0 Å². The SMILES string of the molecule is CCCNc1ncnc(NC2CCC(SCC)C2)c1CC. The molecule has 1 aliphatic carbocycles. The van der Waals surface area contributed by atoms with Crippen molar-refractivity contribution in [3.05, 3.63) is 11.9 Å². The Morgan fingerprint density at radius 1 is 1.19 bits per heavy atom. The highest BCUT2D eigenvalue weighted by Gasteiger charge is 2.25. The number of rotatable bonds is 8. The molecule has 0 radical (unpaired) electrons. The van der Waals surface area contributed by atoms with Gasteiger partial charge in [-0.25, -0.2) is 9.97 Å². The van der Waals surface area contributed by atoms with Crippen LogP contribution in [0.1, 0.15) is 52.0 Å². The molecule has 1 aromatic rings. The second kappa shape index (κ2) is 8.47. The van der Waals surface area contributed by atoms with Gasteiger partial charge in [0.2, 0.25) is 0 Å². The number of aromatic nitrogens is 2. The quantitative estimate of drug-likeness (QED) is 0.761. The van der Waals surface area contributed by atoms with E-state index in [1.165, 1.54) is 30.6 Å². The Morgan fingerprint density at radius 2 is 2.00 bits per heavy atom. The van der Waals surface area contributed by atoms with Gasteiger partial charge < -0.3 is 10.6 Å². The third-order valence-electron chi connectivity index (χ3n) is 3.97. The van der Waals surface area contributed by atoms with Crippen LogP contribution < -0.4 is 10.6 Å². The van der Waals surface area contributed by atoms with E-state index >= 15 is 0 Å². The van der Waals surface area contributed by atoms with E-state index in [0.717, 1.165) is 36.3 Å². The van der Waals surface area contributed by atoms with Crippen LogP contribution in [0.15, 0.2) is 6.33 Å². The zero-order chi connectivity index (χ0) is 15.1. The van der Waals surface area contributed by atoms with E-state index in [-0.39, 0.29) is 0 Å². The minimum atomic E-state index is 0.563. The molecule has 1 heterocycles. The average molecular weight is 308 g/mol. The fourth-order valence-corrected chi connectivity index (χ4v) is 4.06. The third kappa shape index (κ3) is 4.50. The number of nitrogens with one attached hydrogen (secondary N) is 2. The number of nitrogens with zero attached hydrogens (tertiary/aromatic N) is 2. The first-order valence-electron chi connectivity index (χ1n) is 8.24. The van der Waals surface area contributed by atoms with Gasteiger partial charge >= 0.3 is 0 Å². The second-order valence-corrected chi connectivity index (χ2v) is 7.14. The maximum Gasteiger partial charge on any atom is 0.134 e. The van der Waals surface area contributed by atoms with E-state index in [1.807, 2.05) is 0 Å². The number of hydrogen-bond acceptors (Lipinski definition) is 5. The van der Waals surface area contributed by atoms with Crippen LogP contribution in [0, 0.1) is 0 Å². The van der Waals surface area contributed by atoms with E-state index in [0.29, 0.717) is 6.04 Å².